The van der Waals surface area contributed by atoms with Crippen LogP contribution >= 0.6 is 34.8 Å². The second-order valence-corrected chi connectivity index (χ2v) is 9.56. The molecule has 36 heavy (non-hydrogen) atoms. The number of rotatable bonds is 4. The summed E-state index contributed by atoms with van der Waals surface area (Å²) in [6.45, 7) is 4.69. The minimum absolute atomic E-state index is 0.0312. The third kappa shape index (κ3) is 4.72. The molecule has 188 valence electrons. The van der Waals surface area contributed by atoms with Crippen LogP contribution in [0.2, 0.25) is 15.1 Å². The van der Waals surface area contributed by atoms with Crippen LogP contribution in [0.3, 0.4) is 0 Å². The molecule has 0 saturated carbocycles. The Morgan fingerprint density at radius 3 is 2.58 bits per heavy atom. The van der Waals surface area contributed by atoms with Crippen molar-refractivity contribution in [1.82, 2.24) is 24.4 Å². The van der Waals surface area contributed by atoms with Gasteiger partial charge >= 0.3 is 6.18 Å². The molecule has 1 aromatic carbocycles. The number of likely N-dealkylation sites (N-methyl/N-ethyl adjacent to an activating group) is 1. The molecule has 0 amide bonds. The maximum absolute atomic E-state index is 13.1. The molecule has 0 spiro atoms. The zero-order valence-electron chi connectivity index (χ0n) is 18.6. The smallest absolute Gasteiger partial charge is 0.417 e. The van der Waals surface area contributed by atoms with E-state index in [2.05, 4.69) is 21.7 Å². The SMILES string of the molecule is C=C1CC[C@H](Oc2cc(Cl)c(-c3noc(-c4cn5cc(C(F)(F)F)cc(Cl)c5n4)n3)cc2Cl)CN1C. The first-order valence-electron chi connectivity index (χ1n) is 10.6. The first-order chi connectivity index (χ1) is 17.0. The fourth-order valence-electron chi connectivity index (χ4n) is 3.86. The topological polar surface area (TPSA) is 68.7 Å². The average molecular weight is 559 g/mol. The Morgan fingerprint density at radius 1 is 1.08 bits per heavy atom. The largest absolute Gasteiger partial charge is 0.487 e. The quantitative estimate of drug-likeness (QED) is 0.268. The Bertz CT molecular complexity index is 1480. The van der Waals surface area contributed by atoms with Crippen molar-refractivity contribution in [3.8, 4) is 28.7 Å². The molecule has 1 aliphatic rings. The number of benzene rings is 1. The van der Waals surface area contributed by atoms with E-state index in [1.54, 1.807) is 12.1 Å². The molecule has 1 aliphatic heterocycles. The van der Waals surface area contributed by atoms with Crippen LogP contribution < -0.4 is 4.74 Å². The lowest BCUT2D eigenvalue weighted by molar-refractivity contribution is -0.137. The van der Waals surface area contributed by atoms with Crippen LogP contribution in [0.25, 0.3) is 28.6 Å². The van der Waals surface area contributed by atoms with Crippen LogP contribution in [-0.4, -0.2) is 44.1 Å². The third-order valence-corrected chi connectivity index (χ3v) is 6.69. The summed E-state index contributed by atoms with van der Waals surface area (Å²) >= 11 is 18.9. The first-order valence-corrected chi connectivity index (χ1v) is 11.8. The van der Waals surface area contributed by atoms with Gasteiger partial charge in [-0.2, -0.15) is 18.2 Å². The number of likely N-dealkylation sites (tertiary alicyclic amines) is 1. The summed E-state index contributed by atoms with van der Waals surface area (Å²) in [6, 6.07) is 3.96. The van der Waals surface area contributed by atoms with Crippen molar-refractivity contribution in [1.29, 1.82) is 0 Å². The number of halogens is 6. The van der Waals surface area contributed by atoms with Gasteiger partial charge in [0.1, 0.15) is 17.5 Å². The predicted octanol–water partition coefficient (Wildman–Crippen LogP) is 7.02. The van der Waals surface area contributed by atoms with Gasteiger partial charge in [0.2, 0.25) is 5.82 Å². The second-order valence-electron chi connectivity index (χ2n) is 8.34. The maximum atomic E-state index is 13.1. The summed E-state index contributed by atoms with van der Waals surface area (Å²) in [5.41, 5.74) is 0.776. The number of imidazole rings is 1. The van der Waals surface area contributed by atoms with Crippen LogP contribution in [0.4, 0.5) is 13.2 Å². The Labute approximate surface area is 218 Å². The molecule has 7 nitrogen and oxygen atoms in total. The third-order valence-electron chi connectivity index (χ3n) is 5.81. The van der Waals surface area contributed by atoms with Gasteiger partial charge in [-0.15, -0.1) is 0 Å². The highest BCUT2D eigenvalue weighted by Crippen LogP contribution is 2.38. The molecule has 5 rings (SSSR count). The van der Waals surface area contributed by atoms with Gasteiger partial charge in [0.25, 0.3) is 5.89 Å². The van der Waals surface area contributed by atoms with Crippen molar-refractivity contribution in [2.24, 2.45) is 0 Å². The van der Waals surface area contributed by atoms with Crippen molar-refractivity contribution in [2.45, 2.75) is 25.1 Å². The number of hydrogen-bond acceptors (Lipinski definition) is 6. The summed E-state index contributed by atoms with van der Waals surface area (Å²) in [4.78, 5) is 10.6. The van der Waals surface area contributed by atoms with Gasteiger partial charge in [0.05, 0.1) is 27.2 Å². The molecule has 1 fully saturated rings. The Morgan fingerprint density at radius 2 is 1.86 bits per heavy atom. The molecule has 4 aromatic rings. The Kier molecular flexibility index (Phi) is 6.30. The molecule has 4 heterocycles. The van der Waals surface area contributed by atoms with Crippen LogP contribution in [0.5, 0.6) is 5.75 Å². The number of ether oxygens (including phenoxy) is 1. The number of alkyl halides is 3. The monoisotopic (exact) mass is 557 g/mol. The van der Waals surface area contributed by atoms with E-state index in [0.717, 1.165) is 35.2 Å². The van der Waals surface area contributed by atoms with Gasteiger partial charge in [-0.05, 0) is 25.0 Å². The lowest BCUT2D eigenvalue weighted by atomic mass is 10.1. The molecule has 0 bridgehead atoms. The second kappa shape index (κ2) is 9.17. The van der Waals surface area contributed by atoms with E-state index in [1.165, 1.54) is 6.20 Å². The number of nitrogens with zero attached hydrogens (tertiary/aromatic N) is 5. The van der Waals surface area contributed by atoms with E-state index in [0.29, 0.717) is 22.9 Å². The van der Waals surface area contributed by atoms with Crippen LogP contribution in [0.15, 0.2) is 47.4 Å². The fourth-order valence-corrected chi connectivity index (χ4v) is 4.57. The highest BCUT2D eigenvalue weighted by Gasteiger charge is 2.32. The summed E-state index contributed by atoms with van der Waals surface area (Å²) in [5, 5.41) is 4.35. The lowest BCUT2D eigenvalue weighted by Crippen LogP contribution is -2.37. The summed E-state index contributed by atoms with van der Waals surface area (Å²) in [5.74, 6) is 0.517. The summed E-state index contributed by atoms with van der Waals surface area (Å²) in [6.07, 6.45) is -0.813. The van der Waals surface area contributed by atoms with E-state index in [4.69, 9.17) is 44.1 Å². The zero-order valence-corrected chi connectivity index (χ0v) is 20.9. The lowest BCUT2D eigenvalue weighted by Gasteiger charge is -2.33. The minimum Gasteiger partial charge on any atom is -0.487 e. The molecular formula is C23H17Cl3F3N5O2. The molecule has 0 unspecified atom stereocenters. The van der Waals surface area contributed by atoms with Crippen LogP contribution in [-0.2, 0) is 6.18 Å². The molecule has 1 saturated heterocycles. The highest BCUT2D eigenvalue weighted by atomic mass is 35.5. The Hall–Kier alpha value is -2.95. The van der Waals surface area contributed by atoms with Gasteiger partial charge in [-0.1, -0.05) is 46.5 Å². The van der Waals surface area contributed by atoms with Crippen molar-refractivity contribution >= 4 is 40.4 Å². The Balaban J connectivity index is 1.41. The number of allylic oxidation sites excluding steroid dienone is 1. The van der Waals surface area contributed by atoms with Gasteiger partial charge in [-0.3, -0.25) is 0 Å². The van der Waals surface area contributed by atoms with Gasteiger partial charge < -0.3 is 18.6 Å². The highest BCUT2D eigenvalue weighted by molar-refractivity contribution is 6.36. The van der Waals surface area contributed by atoms with Gasteiger partial charge in [-0.25, -0.2) is 4.98 Å². The first kappa shape index (κ1) is 24.7. The van der Waals surface area contributed by atoms with Crippen LogP contribution in [0, 0.1) is 0 Å². The van der Waals surface area contributed by atoms with E-state index < -0.39 is 11.7 Å². The molecule has 1 atom stereocenters. The van der Waals surface area contributed by atoms with E-state index in [9.17, 15) is 13.2 Å². The molecule has 13 heteroatoms. The number of aromatic nitrogens is 4. The van der Waals surface area contributed by atoms with Gasteiger partial charge in [0, 0.05) is 36.8 Å². The molecule has 0 aliphatic carbocycles. The van der Waals surface area contributed by atoms with E-state index in [-0.39, 0.29) is 39.2 Å². The standard InChI is InChI=1S/C23H17Cl3F3N5O2/c1-11-3-4-13(9-33(11)2)35-19-7-15(24)14(6-16(19)25)20-31-22(36-32-20)18-10-34-8-12(23(27,28)29)5-17(26)21(34)30-18/h5-8,10,13H,1,3-4,9H2,2H3/t13-/m0/s1. The normalized spacial score (nSPS) is 16.7. The molecular weight excluding hydrogens is 542 g/mol. The fraction of sp³-hybridized carbons (Fsp3) is 0.261. The van der Waals surface area contributed by atoms with E-state index >= 15 is 0 Å². The summed E-state index contributed by atoms with van der Waals surface area (Å²) < 4.78 is 51.8. The van der Waals surface area contributed by atoms with Crippen molar-refractivity contribution in [3.63, 3.8) is 0 Å². The van der Waals surface area contributed by atoms with Crippen molar-refractivity contribution < 1.29 is 22.4 Å². The van der Waals surface area contributed by atoms with Gasteiger partial charge in [0.15, 0.2) is 5.65 Å². The average Bonchev–Trinajstić information content (AvgIpc) is 3.45. The van der Waals surface area contributed by atoms with Crippen molar-refractivity contribution in [3.05, 3.63) is 63.5 Å². The molecule has 0 radical (unpaired) electrons. The maximum Gasteiger partial charge on any atom is 0.417 e. The van der Waals surface area contributed by atoms with Crippen LogP contribution in [0.1, 0.15) is 18.4 Å². The molecule has 0 N–H and O–H groups in total. The number of pyridine rings is 1. The number of hydrogen-bond donors (Lipinski definition) is 0. The zero-order chi connectivity index (χ0) is 25.8. The predicted molar refractivity (Wildman–Crippen MR) is 129 cm³/mol. The van der Waals surface area contributed by atoms with Crippen molar-refractivity contribution in [2.75, 3.05) is 13.6 Å². The molecule has 3 aromatic heterocycles. The number of fused-ring (bicyclic) bond motifs is 1. The minimum atomic E-state index is -4.56. The summed E-state index contributed by atoms with van der Waals surface area (Å²) in [7, 11) is 1.95. The number of piperidine rings is 1. The van der Waals surface area contributed by atoms with E-state index in [1.807, 2.05) is 11.9 Å².